The lowest BCUT2D eigenvalue weighted by Gasteiger charge is -2.26. The first-order valence-electron chi connectivity index (χ1n) is 12.2. The number of carbonyl (C=O) groups excluding carboxylic acids is 3. The molecule has 1 atom stereocenters. The Hall–Kier alpha value is -2.88. The molecular weight excluding hydrogens is 441 g/mol. The average Bonchev–Trinajstić information content (AvgIpc) is 3.52. The highest BCUT2D eigenvalue weighted by molar-refractivity contribution is 5.93. The summed E-state index contributed by atoms with van der Waals surface area (Å²) in [6.45, 7) is 4.13. The van der Waals surface area contributed by atoms with E-state index in [9.17, 15) is 18.8 Å². The second-order valence-electron chi connectivity index (χ2n) is 9.46. The van der Waals surface area contributed by atoms with E-state index in [1.54, 1.807) is 11.5 Å². The number of nitrogens with one attached hydrogen (secondary N) is 3. The molecule has 1 saturated heterocycles. The van der Waals surface area contributed by atoms with Crippen LogP contribution in [0.3, 0.4) is 0 Å². The van der Waals surface area contributed by atoms with Crippen molar-refractivity contribution < 1.29 is 24.0 Å². The number of nitrogens with zero attached hydrogens (tertiary/aromatic N) is 2. The Labute approximate surface area is 200 Å². The van der Waals surface area contributed by atoms with Gasteiger partial charge in [-0.15, -0.1) is 0 Å². The first kappa shape index (κ1) is 25.7. The number of hydrogen-bond acceptors (Lipinski definition) is 5. The summed E-state index contributed by atoms with van der Waals surface area (Å²) in [4.78, 5) is 40.6. The molecule has 0 spiro atoms. The lowest BCUT2D eigenvalue weighted by molar-refractivity contribution is -0.140. The van der Waals surface area contributed by atoms with E-state index in [0.29, 0.717) is 18.2 Å². The Bertz CT molecular complexity index is 856. The van der Waals surface area contributed by atoms with Crippen LogP contribution in [0.1, 0.15) is 51.9 Å². The molecule has 4 N–H and O–H groups in total. The van der Waals surface area contributed by atoms with Crippen LogP contribution in [-0.4, -0.2) is 60.7 Å². The van der Waals surface area contributed by atoms with Gasteiger partial charge in [0, 0.05) is 32.6 Å². The first-order valence-corrected chi connectivity index (χ1v) is 12.2. The maximum atomic E-state index is 13.8. The lowest BCUT2D eigenvalue weighted by Crippen LogP contribution is -2.43. The Morgan fingerprint density at radius 1 is 1.18 bits per heavy atom. The van der Waals surface area contributed by atoms with Gasteiger partial charge >= 0.3 is 6.03 Å². The molecule has 0 radical (unpaired) electrons. The Morgan fingerprint density at radius 3 is 2.56 bits per heavy atom. The van der Waals surface area contributed by atoms with Gasteiger partial charge in [-0.3, -0.25) is 14.8 Å². The fourth-order valence-electron chi connectivity index (χ4n) is 4.74. The zero-order valence-electron chi connectivity index (χ0n) is 19.8. The van der Waals surface area contributed by atoms with E-state index in [1.165, 1.54) is 17.0 Å². The first-order chi connectivity index (χ1) is 16.4. The number of urea groups is 1. The van der Waals surface area contributed by atoms with E-state index in [-0.39, 0.29) is 31.3 Å². The number of amides is 4. The molecular formula is C24H36FN5O4. The monoisotopic (exact) mass is 477 g/mol. The van der Waals surface area contributed by atoms with Crippen LogP contribution < -0.4 is 21.0 Å². The van der Waals surface area contributed by atoms with Crippen molar-refractivity contribution in [3.63, 3.8) is 0 Å². The molecule has 1 aromatic carbocycles. The van der Waals surface area contributed by atoms with E-state index in [4.69, 9.17) is 5.21 Å². The second kappa shape index (κ2) is 12.5. The van der Waals surface area contributed by atoms with Crippen molar-refractivity contribution in [2.45, 2.75) is 51.9 Å². The minimum Gasteiger partial charge on any atom is -0.370 e. The van der Waals surface area contributed by atoms with Gasteiger partial charge in [-0.2, -0.15) is 0 Å². The van der Waals surface area contributed by atoms with Crippen molar-refractivity contribution in [2.75, 3.05) is 42.9 Å². The van der Waals surface area contributed by atoms with E-state index in [1.807, 2.05) is 6.92 Å². The van der Waals surface area contributed by atoms with Gasteiger partial charge in [0.25, 0.3) is 5.91 Å². The van der Waals surface area contributed by atoms with Gasteiger partial charge in [0.05, 0.1) is 11.4 Å². The highest BCUT2D eigenvalue weighted by Gasteiger charge is 2.25. The van der Waals surface area contributed by atoms with E-state index < -0.39 is 17.8 Å². The molecule has 1 aromatic rings. The minimum absolute atomic E-state index is 0.157. The molecule has 1 aliphatic carbocycles. The molecule has 2 fully saturated rings. The molecule has 0 bridgehead atoms. The zero-order valence-corrected chi connectivity index (χ0v) is 19.8. The standard InChI is InChI=1S/C24H36FN5O4/c1-17(12-23(32)30(16-22(31)28-34)15-18-6-2-3-7-18)14-26-24(33)27-20-13-19(25)8-9-21(20)29-10-4-5-11-29/h8-9,13,17-18,34H,2-7,10-12,14-16H2,1H3,(H,28,31)(H2,26,27,33)/t17-/m0/s1. The van der Waals surface area contributed by atoms with E-state index in [2.05, 4.69) is 15.5 Å². The quantitative estimate of drug-likeness (QED) is 0.305. The Balaban J connectivity index is 1.50. The Morgan fingerprint density at radius 2 is 1.88 bits per heavy atom. The molecule has 0 unspecified atom stereocenters. The van der Waals surface area contributed by atoms with Crippen LogP contribution >= 0.6 is 0 Å². The maximum absolute atomic E-state index is 13.8. The van der Waals surface area contributed by atoms with Crippen molar-refractivity contribution in [1.82, 2.24) is 15.7 Å². The fourth-order valence-corrected chi connectivity index (χ4v) is 4.74. The number of anilines is 2. The smallest absolute Gasteiger partial charge is 0.319 e. The minimum atomic E-state index is -0.625. The van der Waals surface area contributed by atoms with E-state index >= 15 is 0 Å². The molecule has 1 heterocycles. The normalized spacial score (nSPS) is 16.9. The van der Waals surface area contributed by atoms with Crippen LogP contribution in [-0.2, 0) is 9.59 Å². The van der Waals surface area contributed by atoms with Crippen LogP contribution in [0.25, 0.3) is 0 Å². The van der Waals surface area contributed by atoms with Crippen LogP contribution in [0.4, 0.5) is 20.6 Å². The molecule has 4 amide bonds. The van der Waals surface area contributed by atoms with Gasteiger partial charge < -0.3 is 20.4 Å². The molecule has 10 heteroatoms. The summed E-state index contributed by atoms with van der Waals surface area (Å²) in [5.74, 6) is -1.05. The SMILES string of the molecule is C[C@H](CNC(=O)Nc1cc(F)ccc1N1CCCC1)CC(=O)N(CC(=O)NO)CC1CCCC1. The van der Waals surface area contributed by atoms with Gasteiger partial charge in [0.15, 0.2) is 0 Å². The molecule has 9 nitrogen and oxygen atoms in total. The molecule has 188 valence electrons. The van der Waals surface area contributed by atoms with Crippen molar-refractivity contribution in [3.05, 3.63) is 24.0 Å². The molecule has 34 heavy (non-hydrogen) atoms. The summed E-state index contributed by atoms with van der Waals surface area (Å²) in [7, 11) is 0. The lowest BCUT2D eigenvalue weighted by atomic mass is 10.0. The third kappa shape index (κ3) is 7.58. The largest absolute Gasteiger partial charge is 0.370 e. The van der Waals surface area contributed by atoms with E-state index in [0.717, 1.165) is 57.3 Å². The maximum Gasteiger partial charge on any atom is 0.319 e. The molecule has 2 aliphatic rings. The third-order valence-electron chi connectivity index (χ3n) is 6.55. The summed E-state index contributed by atoms with van der Waals surface area (Å²) >= 11 is 0. The van der Waals surface area contributed by atoms with Gasteiger partial charge in [-0.25, -0.2) is 14.7 Å². The Kier molecular flexibility index (Phi) is 9.50. The van der Waals surface area contributed by atoms with Crippen LogP contribution in [0.15, 0.2) is 18.2 Å². The molecule has 1 saturated carbocycles. The third-order valence-corrected chi connectivity index (χ3v) is 6.55. The average molecular weight is 478 g/mol. The predicted octanol–water partition coefficient (Wildman–Crippen LogP) is 3.10. The fraction of sp³-hybridized carbons (Fsp3) is 0.625. The topological polar surface area (TPSA) is 114 Å². The van der Waals surface area contributed by atoms with Crippen LogP contribution in [0, 0.1) is 17.7 Å². The number of halogens is 1. The highest BCUT2D eigenvalue weighted by Crippen LogP contribution is 2.30. The summed E-state index contributed by atoms with van der Waals surface area (Å²) in [5.41, 5.74) is 2.80. The highest BCUT2D eigenvalue weighted by atomic mass is 19.1. The zero-order chi connectivity index (χ0) is 24.5. The molecule has 3 rings (SSSR count). The van der Waals surface area contributed by atoms with Crippen molar-refractivity contribution in [2.24, 2.45) is 11.8 Å². The molecule has 1 aliphatic heterocycles. The van der Waals surface area contributed by atoms with Crippen molar-refractivity contribution >= 4 is 29.2 Å². The van der Waals surface area contributed by atoms with Gasteiger partial charge in [-0.1, -0.05) is 19.8 Å². The van der Waals surface area contributed by atoms with Crippen LogP contribution in [0.5, 0.6) is 0 Å². The van der Waals surface area contributed by atoms with Crippen LogP contribution in [0.2, 0.25) is 0 Å². The predicted molar refractivity (Wildman–Crippen MR) is 127 cm³/mol. The number of rotatable bonds is 10. The number of hydrogen-bond donors (Lipinski definition) is 4. The summed E-state index contributed by atoms with van der Waals surface area (Å²) in [6, 6.07) is 3.92. The summed E-state index contributed by atoms with van der Waals surface area (Å²) < 4.78 is 13.8. The second-order valence-corrected chi connectivity index (χ2v) is 9.46. The van der Waals surface area contributed by atoms with Gasteiger partial charge in [-0.05, 0) is 55.7 Å². The molecule has 0 aromatic heterocycles. The van der Waals surface area contributed by atoms with Crippen molar-refractivity contribution in [3.8, 4) is 0 Å². The number of carbonyl (C=O) groups is 3. The summed E-state index contributed by atoms with van der Waals surface area (Å²) in [5, 5.41) is 14.4. The number of hydroxylamine groups is 1. The van der Waals surface area contributed by atoms with Gasteiger partial charge in [0.2, 0.25) is 5.91 Å². The van der Waals surface area contributed by atoms with Gasteiger partial charge in [0.1, 0.15) is 12.4 Å². The number of benzene rings is 1. The summed E-state index contributed by atoms with van der Waals surface area (Å²) in [6.07, 6.45) is 6.59. The van der Waals surface area contributed by atoms with Crippen molar-refractivity contribution in [1.29, 1.82) is 0 Å².